The van der Waals surface area contributed by atoms with Crippen LogP contribution in [0.4, 0.5) is 0 Å². The highest BCUT2D eigenvalue weighted by atomic mass is 32.1. The number of rotatable bonds is 4. The number of aryl methyl sites for hydroxylation is 2. The van der Waals surface area contributed by atoms with Crippen LogP contribution in [0.2, 0.25) is 0 Å². The van der Waals surface area contributed by atoms with Gasteiger partial charge in [0.1, 0.15) is 9.53 Å². The number of aromatic nitrogens is 2. The second kappa shape index (κ2) is 6.29. The Morgan fingerprint density at radius 3 is 2.75 bits per heavy atom. The molecule has 144 valence electrons. The summed E-state index contributed by atoms with van der Waals surface area (Å²) in [4.78, 5) is 28.5. The quantitative estimate of drug-likeness (QED) is 0.530. The first-order valence-corrected chi connectivity index (χ1v) is 10.6. The zero-order valence-corrected chi connectivity index (χ0v) is 17.2. The van der Waals surface area contributed by atoms with Crippen molar-refractivity contribution in [3.8, 4) is 0 Å². The van der Waals surface area contributed by atoms with Crippen molar-refractivity contribution < 1.29 is 4.79 Å². The molecule has 28 heavy (non-hydrogen) atoms. The normalized spacial score (nSPS) is 14.2. The first-order valence-electron chi connectivity index (χ1n) is 9.79. The fraction of sp³-hybridized carbons (Fsp3) is 0.364. The predicted octanol–water partition coefficient (Wildman–Crippen LogP) is 3.79. The third kappa shape index (κ3) is 2.34. The summed E-state index contributed by atoms with van der Waals surface area (Å²) < 4.78 is 4.80. The number of fused-ring (bicyclic) bond motifs is 7. The molecule has 0 unspecified atom stereocenters. The maximum Gasteiger partial charge on any atom is 0.268 e. The minimum absolute atomic E-state index is 0.0488. The number of ketones is 1. The van der Waals surface area contributed by atoms with Gasteiger partial charge in [0.25, 0.3) is 5.56 Å². The highest BCUT2D eigenvalue weighted by Crippen LogP contribution is 2.43. The number of benzene rings is 1. The number of pyridine rings is 1. The molecule has 0 radical (unpaired) electrons. The van der Waals surface area contributed by atoms with Gasteiger partial charge in [0, 0.05) is 54.5 Å². The largest absolute Gasteiger partial charge is 0.331 e. The van der Waals surface area contributed by atoms with Gasteiger partial charge in [-0.1, -0.05) is 6.92 Å². The van der Waals surface area contributed by atoms with Crippen LogP contribution in [0.15, 0.2) is 29.2 Å². The Morgan fingerprint density at radius 2 is 1.96 bits per heavy atom. The number of hydrogen-bond donors (Lipinski definition) is 0. The van der Waals surface area contributed by atoms with Crippen LogP contribution < -0.4 is 5.56 Å². The highest BCUT2D eigenvalue weighted by molar-refractivity contribution is 7.25. The maximum absolute atomic E-state index is 12.7. The minimum Gasteiger partial charge on any atom is -0.331 e. The second-order valence-electron chi connectivity index (χ2n) is 7.71. The van der Waals surface area contributed by atoms with E-state index in [0.29, 0.717) is 6.42 Å². The van der Waals surface area contributed by atoms with E-state index in [9.17, 15) is 9.59 Å². The van der Waals surface area contributed by atoms with E-state index in [1.165, 1.54) is 10.9 Å². The van der Waals surface area contributed by atoms with Crippen LogP contribution >= 0.6 is 11.3 Å². The Bertz CT molecular complexity index is 1330. The predicted molar refractivity (Wildman–Crippen MR) is 116 cm³/mol. The molecule has 3 heterocycles. The Hall–Kier alpha value is -2.44. The summed E-state index contributed by atoms with van der Waals surface area (Å²) in [7, 11) is 3.92. The molecular formula is C22H23N3O2S. The van der Waals surface area contributed by atoms with Crippen molar-refractivity contribution >= 4 is 48.3 Å². The fourth-order valence-corrected chi connectivity index (χ4v) is 5.71. The molecule has 0 saturated carbocycles. The average Bonchev–Trinajstić information content (AvgIpc) is 3.34. The van der Waals surface area contributed by atoms with E-state index in [1.807, 2.05) is 18.3 Å². The number of carbonyl (C=O) groups excluding carboxylic acids is 1. The molecule has 0 bridgehead atoms. The minimum atomic E-state index is 0.0488. The van der Waals surface area contributed by atoms with E-state index in [-0.39, 0.29) is 11.3 Å². The molecule has 0 fully saturated rings. The zero-order chi connectivity index (χ0) is 19.6. The van der Waals surface area contributed by atoms with Crippen molar-refractivity contribution in [2.24, 2.45) is 7.05 Å². The third-order valence-corrected chi connectivity index (χ3v) is 7.35. The smallest absolute Gasteiger partial charge is 0.268 e. The summed E-state index contributed by atoms with van der Waals surface area (Å²) in [6.45, 7) is 4.96. The lowest BCUT2D eigenvalue weighted by molar-refractivity contribution is 0.0994. The van der Waals surface area contributed by atoms with Gasteiger partial charge in [-0.2, -0.15) is 0 Å². The lowest BCUT2D eigenvalue weighted by atomic mass is 10.0. The van der Waals surface area contributed by atoms with E-state index in [0.717, 1.165) is 57.5 Å². The molecule has 1 aliphatic carbocycles. The molecule has 5 rings (SSSR count). The monoisotopic (exact) mass is 393 g/mol. The average molecular weight is 394 g/mol. The first kappa shape index (κ1) is 17.6. The summed E-state index contributed by atoms with van der Waals surface area (Å²) in [6.07, 6.45) is 3.23. The van der Waals surface area contributed by atoms with E-state index in [2.05, 4.69) is 29.5 Å². The van der Waals surface area contributed by atoms with Crippen LogP contribution in [-0.4, -0.2) is 40.0 Å². The molecule has 3 aromatic heterocycles. The SMILES string of the molecule is CCN(C)CCn1c2ccc3c(c2c2c4ccn(C)c(=O)c4sc21)CCC3=O. The molecule has 4 aromatic rings. The number of thiophene rings is 1. The van der Waals surface area contributed by atoms with Gasteiger partial charge in [-0.15, -0.1) is 11.3 Å². The van der Waals surface area contributed by atoms with Crippen LogP contribution in [0, 0.1) is 0 Å². The van der Waals surface area contributed by atoms with Crippen LogP contribution in [0.5, 0.6) is 0 Å². The lowest BCUT2D eigenvalue weighted by Crippen LogP contribution is -2.22. The van der Waals surface area contributed by atoms with E-state index in [4.69, 9.17) is 0 Å². The van der Waals surface area contributed by atoms with Gasteiger partial charge in [0.15, 0.2) is 5.78 Å². The van der Waals surface area contributed by atoms with Gasteiger partial charge < -0.3 is 14.0 Å². The van der Waals surface area contributed by atoms with Gasteiger partial charge in [-0.05, 0) is 43.8 Å². The van der Waals surface area contributed by atoms with E-state index >= 15 is 0 Å². The van der Waals surface area contributed by atoms with Gasteiger partial charge in [-0.3, -0.25) is 9.59 Å². The van der Waals surface area contributed by atoms with Gasteiger partial charge in [0.2, 0.25) is 0 Å². The molecule has 0 atom stereocenters. The summed E-state index contributed by atoms with van der Waals surface area (Å²) in [5, 5.41) is 3.35. The van der Waals surface area contributed by atoms with Gasteiger partial charge in [-0.25, -0.2) is 0 Å². The zero-order valence-electron chi connectivity index (χ0n) is 16.4. The van der Waals surface area contributed by atoms with Crippen LogP contribution in [0.3, 0.4) is 0 Å². The first-order chi connectivity index (χ1) is 13.5. The highest BCUT2D eigenvalue weighted by Gasteiger charge is 2.27. The molecule has 6 heteroatoms. The summed E-state index contributed by atoms with van der Waals surface area (Å²) in [6, 6.07) is 6.15. The van der Waals surface area contributed by atoms with Crippen molar-refractivity contribution in [3.05, 3.63) is 45.9 Å². The lowest BCUT2D eigenvalue weighted by Gasteiger charge is -2.15. The molecule has 0 aliphatic heterocycles. The van der Waals surface area contributed by atoms with Gasteiger partial charge in [0.05, 0.1) is 5.52 Å². The molecular weight excluding hydrogens is 370 g/mol. The second-order valence-corrected chi connectivity index (χ2v) is 8.71. The van der Waals surface area contributed by atoms with Crippen molar-refractivity contribution in [2.45, 2.75) is 26.3 Å². The molecule has 1 aliphatic rings. The molecule has 0 N–H and O–H groups in total. The topological polar surface area (TPSA) is 47.2 Å². The number of likely N-dealkylation sites (N-methyl/N-ethyl adjacent to an activating group) is 1. The Kier molecular flexibility index (Phi) is 3.96. The Labute approximate surface area is 166 Å². The summed E-state index contributed by atoms with van der Waals surface area (Å²) in [5.74, 6) is 0.235. The summed E-state index contributed by atoms with van der Waals surface area (Å²) >= 11 is 1.59. The molecule has 0 amide bonds. The van der Waals surface area contributed by atoms with Crippen molar-refractivity contribution in [3.63, 3.8) is 0 Å². The third-order valence-electron chi connectivity index (χ3n) is 6.13. The van der Waals surface area contributed by atoms with Crippen LogP contribution in [0.1, 0.15) is 29.3 Å². The number of hydrogen-bond acceptors (Lipinski definition) is 4. The summed E-state index contributed by atoms with van der Waals surface area (Å²) in [5.41, 5.74) is 3.25. The van der Waals surface area contributed by atoms with Crippen molar-refractivity contribution in [1.29, 1.82) is 0 Å². The molecule has 0 spiro atoms. The molecule has 0 saturated heterocycles. The maximum atomic E-state index is 12.7. The van der Waals surface area contributed by atoms with Gasteiger partial charge >= 0.3 is 0 Å². The molecule has 5 nitrogen and oxygen atoms in total. The van der Waals surface area contributed by atoms with E-state index in [1.54, 1.807) is 23.0 Å². The Morgan fingerprint density at radius 1 is 1.14 bits per heavy atom. The van der Waals surface area contributed by atoms with Crippen LogP contribution in [0.25, 0.3) is 31.2 Å². The number of nitrogens with zero attached hydrogens (tertiary/aromatic N) is 3. The molecule has 1 aromatic carbocycles. The Balaban J connectivity index is 1.90. The van der Waals surface area contributed by atoms with E-state index < -0.39 is 0 Å². The standard InChI is InChI=1S/C22H23N3O2S/c1-4-23(2)11-12-25-16-7-5-13-14(6-8-17(13)26)18(16)19-15-9-10-24(3)21(27)20(15)28-22(19)25/h5,7,9-10H,4,6,8,11-12H2,1-3H3. The fourth-order valence-electron chi connectivity index (χ4n) is 4.39. The van der Waals surface area contributed by atoms with Crippen molar-refractivity contribution in [2.75, 3.05) is 20.1 Å². The number of carbonyl (C=O) groups is 1. The van der Waals surface area contributed by atoms with Crippen LogP contribution in [-0.2, 0) is 20.0 Å². The number of Topliss-reactive ketones (excluding diaryl/α,β-unsaturated/α-hetero) is 1. The van der Waals surface area contributed by atoms with Crippen molar-refractivity contribution in [1.82, 2.24) is 14.0 Å².